The van der Waals surface area contributed by atoms with Crippen molar-refractivity contribution in [2.45, 2.75) is 13.1 Å². The molecule has 160 valence electrons. The SMILES string of the molecule is O=C(Nc1ccc(Cl)cc1)c1cc(=O)n(Cc2ccccc2)c(=NCc2ccccc2)s1. The molecule has 1 amide bonds. The number of benzene rings is 3. The minimum atomic E-state index is -0.363. The molecule has 3 aromatic carbocycles. The second-order valence-electron chi connectivity index (χ2n) is 7.07. The predicted molar refractivity (Wildman–Crippen MR) is 129 cm³/mol. The van der Waals surface area contributed by atoms with E-state index in [2.05, 4.69) is 10.3 Å². The van der Waals surface area contributed by atoms with E-state index < -0.39 is 0 Å². The van der Waals surface area contributed by atoms with Gasteiger partial charge in [0.25, 0.3) is 11.5 Å². The summed E-state index contributed by atoms with van der Waals surface area (Å²) in [4.78, 5) is 31.3. The number of anilines is 1. The molecule has 5 nitrogen and oxygen atoms in total. The smallest absolute Gasteiger partial charge is 0.266 e. The summed E-state index contributed by atoms with van der Waals surface area (Å²) in [5.41, 5.74) is 2.33. The average molecular weight is 462 g/mol. The molecule has 1 aromatic heterocycles. The summed E-state index contributed by atoms with van der Waals surface area (Å²) in [6.07, 6.45) is 0. The number of aromatic nitrogens is 1. The Labute approximate surface area is 194 Å². The first-order chi connectivity index (χ1) is 15.6. The van der Waals surface area contributed by atoms with E-state index in [4.69, 9.17) is 11.6 Å². The predicted octanol–water partition coefficient (Wildman–Crippen LogP) is 4.96. The number of carbonyl (C=O) groups excluding carboxylic acids is 1. The van der Waals surface area contributed by atoms with Gasteiger partial charge in [-0.3, -0.25) is 19.1 Å². The number of amides is 1. The Morgan fingerprint density at radius 3 is 2.19 bits per heavy atom. The van der Waals surface area contributed by atoms with Crippen LogP contribution in [0.25, 0.3) is 0 Å². The molecule has 0 aliphatic heterocycles. The molecule has 32 heavy (non-hydrogen) atoms. The average Bonchev–Trinajstić information content (AvgIpc) is 2.82. The zero-order valence-corrected chi connectivity index (χ0v) is 18.6. The standard InChI is InChI=1S/C25H20ClN3O2S/c26-20-11-13-21(14-12-20)28-24(31)22-15-23(30)29(17-19-9-5-2-6-10-19)25(32-22)27-16-18-7-3-1-4-8-18/h1-15H,16-17H2,(H,28,31). The Kier molecular flexibility index (Phi) is 6.94. The number of halogens is 1. The van der Waals surface area contributed by atoms with Crippen molar-refractivity contribution >= 4 is 34.5 Å². The summed E-state index contributed by atoms with van der Waals surface area (Å²) >= 11 is 7.10. The molecule has 1 N–H and O–H groups in total. The van der Waals surface area contributed by atoms with Gasteiger partial charge in [-0.15, -0.1) is 0 Å². The van der Waals surface area contributed by atoms with Crippen LogP contribution in [0.2, 0.25) is 5.02 Å². The third kappa shape index (κ3) is 5.60. The van der Waals surface area contributed by atoms with Crippen LogP contribution in [-0.2, 0) is 13.1 Å². The third-order valence-corrected chi connectivity index (χ3v) is 6.01. The van der Waals surface area contributed by atoms with E-state index in [1.165, 1.54) is 17.4 Å². The van der Waals surface area contributed by atoms with E-state index in [9.17, 15) is 9.59 Å². The summed E-state index contributed by atoms with van der Waals surface area (Å²) in [5.74, 6) is -0.363. The zero-order chi connectivity index (χ0) is 22.3. The first kappa shape index (κ1) is 21.7. The Morgan fingerprint density at radius 2 is 1.53 bits per heavy atom. The normalized spacial score (nSPS) is 11.3. The number of rotatable bonds is 6. The molecule has 4 rings (SSSR count). The molecule has 0 spiro atoms. The van der Waals surface area contributed by atoms with Crippen molar-refractivity contribution in [3.63, 3.8) is 0 Å². The summed E-state index contributed by atoms with van der Waals surface area (Å²) in [6.45, 7) is 0.788. The van der Waals surface area contributed by atoms with Gasteiger partial charge in [0.15, 0.2) is 4.80 Å². The van der Waals surface area contributed by atoms with Crippen LogP contribution >= 0.6 is 22.9 Å². The molecular weight excluding hydrogens is 442 g/mol. The van der Waals surface area contributed by atoms with Crippen LogP contribution in [0.3, 0.4) is 0 Å². The number of hydrogen-bond acceptors (Lipinski definition) is 4. The van der Waals surface area contributed by atoms with Gasteiger partial charge in [0, 0.05) is 16.8 Å². The molecule has 0 saturated carbocycles. The van der Waals surface area contributed by atoms with Crippen LogP contribution in [0.5, 0.6) is 0 Å². The fraction of sp³-hybridized carbons (Fsp3) is 0.0800. The topological polar surface area (TPSA) is 63.5 Å². The maximum absolute atomic E-state index is 13.0. The fourth-order valence-corrected chi connectivity index (χ4v) is 4.10. The lowest BCUT2D eigenvalue weighted by Crippen LogP contribution is -2.33. The van der Waals surface area contributed by atoms with E-state index in [1.807, 2.05) is 60.7 Å². The number of hydrogen-bond donors (Lipinski definition) is 1. The number of nitrogens with one attached hydrogen (secondary N) is 1. The van der Waals surface area contributed by atoms with E-state index in [1.54, 1.807) is 28.8 Å². The molecule has 0 radical (unpaired) electrons. The maximum atomic E-state index is 13.0. The van der Waals surface area contributed by atoms with E-state index in [-0.39, 0.29) is 11.5 Å². The van der Waals surface area contributed by atoms with E-state index >= 15 is 0 Å². The van der Waals surface area contributed by atoms with Crippen molar-refractivity contribution in [3.8, 4) is 0 Å². The van der Waals surface area contributed by atoms with Crippen LogP contribution in [0, 0.1) is 0 Å². The fourth-order valence-electron chi connectivity index (χ4n) is 3.08. The Bertz CT molecular complexity index is 1330. The van der Waals surface area contributed by atoms with Crippen LogP contribution in [0.1, 0.15) is 20.8 Å². The molecule has 0 aliphatic rings. The highest BCUT2D eigenvalue weighted by Crippen LogP contribution is 2.15. The van der Waals surface area contributed by atoms with Crippen molar-refractivity contribution in [2.24, 2.45) is 4.99 Å². The summed E-state index contributed by atoms with van der Waals surface area (Å²) < 4.78 is 1.60. The van der Waals surface area contributed by atoms with E-state index in [0.717, 1.165) is 11.1 Å². The summed E-state index contributed by atoms with van der Waals surface area (Å²) in [5, 5.41) is 3.39. The van der Waals surface area contributed by atoms with Gasteiger partial charge in [-0.25, -0.2) is 0 Å². The minimum Gasteiger partial charge on any atom is -0.321 e. The molecule has 0 fully saturated rings. The van der Waals surface area contributed by atoms with Gasteiger partial charge >= 0.3 is 0 Å². The summed E-state index contributed by atoms with van der Waals surface area (Å²) in [6, 6.07) is 27.7. The van der Waals surface area contributed by atoms with Crippen LogP contribution in [0.15, 0.2) is 101 Å². The quantitative estimate of drug-likeness (QED) is 0.441. The molecule has 0 atom stereocenters. The monoisotopic (exact) mass is 461 g/mol. The molecule has 0 aliphatic carbocycles. The van der Waals surface area contributed by atoms with Crippen LogP contribution in [0.4, 0.5) is 5.69 Å². The molecule has 0 bridgehead atoms. The molecular formula is C25H20ClN3O2S. The number of nitrogens with zero attached hydrogens (tertiary/aromatic N) is 2. The van der Waals surface area contributed by atoms with Crippen molar-refractivity contribution in [3.05, 3.63) is 127 Å². The molecule has 7 heteroatoms. The summed E-state index contributed by atoms with van der Waals surface area (Å²) in [7, 11) is 0. The first-order valence-corrected chi connectivity index (χ1v) is 11.2. The Balaban J connectivity index is 1.70. The lowest BCUT2D eigenvalue weighted by Gasteiger charge is -2.09. The molecule has 1 heterocycles. The highest BCUT2D eigenvalue weighted by Gasteiger charge is 2.12. The van der Waals surface area contributed by atoms with Gasteiger partial charge in [-0.05, 0) is 35.4 Å². The van der Waals surface area contributed by atoms with Gasteiger partial charge in [0.2, 0.25) is 0 Å². The Morgan fingerprint density at radius 1 is 0.906 bits per heavy atom. The highest BCUT2D eigenvalue weighted by molar-refractivity contribution is 7.11. The van der Waals surface area contributed by atoms with Gasteiger partial charge in [0.1, 0.15) is 4.88 Å². The van der Waals surface area contributed by atoms with Crippen LogP contribution < -0.4 is 15.7 Å². The zero-order valence-electron chi connectivity index (χ0n) is 17.1. The lowest BCUT2D eigenvalue weighted by molar-refractivity contribution is 0.103. The molecule has 0 unspecified atom stereocenters. The second kappa shape index (κ2) is 10.2. The van der Waals surface area contributed by atoms with Crippen molar-refractivity contribution in [1.29, 1.82) is 0 Å². The van der Waals surface area contributed by atoms with Gasteiger partial charge < -0.3 is 5.32 Å². The van der Waals surface area contributed by atoms with Crippen molar-refractivity contribution in [1.82, 2.24) is 4.57 Å². The van der Waals surface area contributed by atoms with Crippen LogP contribution in [-0.4, -0.2) is 10.5 Å². The van der Waals surface area contributed by atoms with Gasteiger partial charge in [-0.2, -0.15) is 0 Å². The maximum Gasteiger partial charge on any atom is 0.266 e. The van der Waals surface area contributed by atoms with Gasteiger partial charge in [0.05, 0.1) is 13.1 Å². The second-order valence-corrected chi connectivity index (χ2v) is 8.51. The van der Waals surface area contributed by atoms with E-state index in [0.29, 0.717) is 33.5 Å². The Hall–Kier alpha value is -3.48. The lowest BCUT2D eigenvalue weighted by atomic mass is 10.2. The van der Waals surface area contributed by atoms with Crippen molar-refractivity contribution in [2.75, 3.05) is 5.32 Å². The largest absolute Gasteiger partial charge is 0.321 e. The minimum absolute atomic E-state index is 0.277. The van der Waals surface area contributed by atoms with Crippen molar-refractivity contribution < 1.29 is 4.79 Å². The third-order valence-electron chi connectivity index (χ3n) is 4.70. The molecule has 0 saturated heterocycles. The highest BCUT2D eigenvalue weighted by atomic mass is 35.5. The number of carbonyl (C=O) groups is 1. The van der Waals surface area contributed by atoms with Gasteiger partial charge in [-0.1, -0.05) is 83.6 Å². The molecule has 4 aromatic rings. The first-order valence-electron chi connectivity index (χ1n) is 9.99.